The Labute approximate surface area is 147 Å². The third kappa shape index (κ3) is 3.51. The van der Waals surface area contributed by atoms with Gasteiger partial charge in [0, 0.05) is 38.6 Å². The number of rotatable bonds is 3. The number of hydrogen-bond acceptors (Lipinski definition) is 4. The van der Waals surface area contributed by atoms with E-state index >= 15 is 0 Å². The number of likely N-dealkylation sites (tertiary alicyclic amines) is 1. The van der Waals surface area contributed by atoms with Crippen LogP contribution < -0.4 is 4.90 Å². The number of carbonyl (C=O) groups is 1. The number of amides is 1. The molecule has 1 saturated heterocycles. The summed E-state index contributed by atoms with van der Waals surface area (Å²) in [5, 5.41) is 0.500. The van der Waals surface area contributed by atoms with Gasteiger partial charge in [0.15, 0.2) is 0 Å². The van der Waals surface area contributed by atoms with Crippen LogP contribution in [0, 0.1) is 6.92 Å². The fraction of sp³-hybridized carbons (Fsp3) is 0.389. The second kappa shape index (κ2) is 7.18. The van der Waals surface area contributed by atoms with E-state index in [4.69, 9.17) is 11.6 Å². The summed E-state index contributed by atoms with van der Waals surface area (Å²) in [4.78, 5) is 25.5. The molecule has 0 radical (unpaired) electrons. The predicted molar refractivity (Wildman–Crippen MR) is 95.5 cm³/mol. The van der Waals surface area contributed by atoms with Crippen molar-refractivity contribution in [3.63, 3.8) is 0 Å². The minimum absolute atomic E-state index is 0.0106. The maximum atomic E-state index is 12.8. The van der Waals surface area contributed by atoms with Gasteiger partial charge in [-0.3, -0.25) is 4.79 Å². The van der Waals surface area contributed by atoms with Crippen molar-refractivity contribution >= 4 is 23.5 Å². The molecule has 0 aliphatic carbocycles. The van der Waals surface area contributed by atoms with Crippen molar-refractivity contribution in [2.75, 3.05) is 25.0 Å². The third-order valence-corrected chi connectivity index (χ3v) is 4.75. The lowest BCUT2D eigenvalue weighted by Gasteiger charge is -2.37. The van der Waals surface area contributed by atoms with Crippen molar-refractivity contribution in [1.29, 1.82) is 0 Å². The van der Waals surface area contributed by atoms with Gasteiger partial charge in [-0.25, -0.2) is 9.97 Å². The van der Waals surface area contributed by atoms with E-state index in [9.17, 15) is 4.79 Å². The van der Waals surface area contributed by atoms with Crippen molar-refractivity contribution in [3.05, 3.63) is 52.8 Å². The largest absolute Gasteiger partial charge is 0.339 e. The second-order valence-electron chi connectivity index (χ2n) is 6.20. The lowest BCUT2D eigenvalue weighted by Crippen LogP contribution is -2.49. The van der Waals surface area contributed by atoms with Crippen LogP contribution in [0.2, 0.25) is 5.02 Å². The lowest BCUT2D eigenvalue weighted by molar-refractivity contribution is 0.0707. The Morgan fingerprint density at radius 1 is 1.29 bits per heavy atom. The summed E-state index contributed by atoms with van der Waals surface area (Å²) in [7, 11) is 1.98. The first-order valence-electron chi connectivity index (χ1n) is 8.11. The molecule has 0 bridgehead atoms. The Morgan fingerprint density at radius 3 is 2.71 bits per heavy atom. The van der Waals surface area contributed by atoms with Crippen LogP contribution in [0.5, 0.6) is 0 Å². The van der Waals surface area contributed by atoms with Gasteiger partial charge in [-0.2, -0.15) is 0 Å². The molecule has 1 aromatic carbocycles. The first-order chi connectivity index (χ1) is 11.6. The molecule has 1 aliphatic heterocycles. The summed E-state index contributed by atoms with van der Waals surface area (Å²) in [6.07, 6.45) is 5.60. The fourth-order valence-electron chi connectivity index (χ4n) is 2.99. The van der Waals surface area contributed by atoms with Crippen LogP contribution in [-0.2, 0) is 0 Å². The molecule has 1 aromatic heterocycles. The van der Waals surface area contributed by atoms with Crippen molar-refractivity contribution < 1.29 is 4.79 Å². The molecule has 1 amide bonds. The molecule has 126 valence electrons. The van der Waals surface area contributed by atoms with Crippen LogP contribution in [0.15, 0.2) is 36.7 Å². The summed E-state index contributed by atoms with van der Waals surface area (Å²) in [5.74, 6) is 0.682. The van der Waals surface area contributed by atoms with Crippen molar-refractivity contribution in [3.8, 4) is 0 Å². The summed E-state index contributed by atoms with van der Waals surface area (Å²) in [5.41, 5.74) is 1.60. The van der Waals surface area contributed by atoms with Gasteiger partial charge in [0.2, 0.25) is 5.95 Å². The normalized spacial score (nSPS) is 17.6. The highest BCUT2D eigenvalue weighted by atomic mass is 35.5. The number of carbonyl (C=O) groups excluding carboxylic acids is 1. The summed E-state index contributed by atoms with van der Waals surface area (Å²) in [6, 6.07) is 7.41. The molecule has 0 saturated carbocycles. The monoisotopic (exact) mass is 344 g/mol. The number of aromatic nitrogens is 2. The maximum absolute atomic E-state index is 12.8. The van der Waals surface area contributed by atoms with Crippen LogP contribution in [0.1, 0.15) is 28.8 Å². The number of nitrogens with zero attached hydrogens (tertiary/aromatic N) is 4. The number of anilines is 1. The average molecular weight is 345 g/mol. The first-order valence-corrected chi connectivity index (χ1v) is 8.49. The highest BCUT2D eigenvalue weighted by molar-refractivity contribution is 6.33. The van der Waals surface area contributed by atoms with E-state index < -0.39 is 0 Å². The summed E-state index contributed by atoms with van der Waals surface area (Å²) >= 11 is 6.17. The van der Waals surface area contributed by atoms with E-state index in [1.54, 1.807) is 12.1 Å². The van der Waals surface area contributed by atoms with E-state index in [0.717, 1.165) is 24.9 Å². The molecular formula is C18H21ClN4O. The fourth-order valence-corrected chi connectivity index (χ4v) is 3.21. The second-order valence-corrected chi connectivity index (χ2v) is 6.61. The van der Waals surface area contributed by atoms with Crippen LogP contribution in [0.3, 0.4) is 0 Å². The molecule has 24 heavy (non-hydrogen) atoms. The average Bonchev–Trinajstić information content (AvgIpc) is 2.62. The number of hydrogen-bond donors (Lipinski definition) is 0. The Hall–Kier alpha value is -2.14. The number of likely N-dealkylation sites (N-methyl/N-ethyl adjacent to an activating group) is 1. The number of benzene rings is 1. The topological polar surface area (TPSA) is 49.3 Å². The molecule has 2 heterocycles. The zero-order chi connectivity index (χ0) is 17.1. The van der Waals surface area contributed by atoms with E-state index in [2.05, 4.69) is 14.9 Å². The van der Waals surface area contributed by atoms with Crippen molar-refractivity contribution in [1.82, 2.24) is 14.9 Å². The molecule has 1 unspecified atom stereocenters. The molecule has 0 N–H and O–H groups in total. The van der Waals surface area contributed by atoms with Gasteiger partial charge in [-0.1, -0.05) is 23.7 Å². The van der Waals surface area contributed by atoms with Gasteiger partial charge in [-0.15, -0.1) is 0 Å². The van der Waals surface area contributed by atoms with Crippen molar-refractivity contribution in [2.24, 2.45) is 0 Å². The molecule has 3 rings (SSSR count). The molecule has 5 nitrogen and oxygen atoms in total. The molecule has 0 spiro atoms. The van der Waals surface area contributed by atoms with E-state index in [0.29, 0.717) is 23.1 Å². The Balaban J connectivity index is 1.73. The van der Waals surface area contributed by atoms with Gasteiger partial charge < -0.3 is 9.80 Å². The molecular weight excluding hydrogens is 324 g/mol. The Morgan fingerprint density at radius 2 is 2.00 bits per heavy atom. The predicted octanol–water partition coefficient (Wildman–Crippen LogP) is 3.18. The molecule has 1 atom stereocenters. The number of piperidine rings is 1. The molecule has 6 heteroatoms. The third-order valence-electron chi connectivity index (χ3n) is 4.42. The Kier molecular flexibility index (Phi) is 5.00. The van der Waals surface area contributed by atoms with Gasteiger partial charge in [0.25, 0.3) is 5.91 Å². The zero-order valence-electron chi connectivity index (χ0n) is 13.9. The van der Waals surface area contributed by atoms with E-state index in [1.165, 1.54) is 0 Å². The molecule has 1 aliphatic rings. The zero-order valence-corrected chi connectivity index (χ0v) is 14.7. The smallest absolute Gasteiger partial charge is 0.255 e. The standard InChI is InChI=1S/C18H21ClN4O/c1-13-10-20-18(21-11-13)22(2)14-6-5-9-23(12-14)17(24)15-7-3-4-8-16(15)19/h3-4,7-8,10-11,14H,5-6,9,12H2,1-2H3. The van der Waals surface area contributed by atoms with Gasteiger partial charge in [-0.05, 0) is 37.5 Å². The van der Waals surface area contributed by atoms with Gasteiger partial charge in [0.05, 0.1) is 10.6 Å². The molecule has 1 fully saturated rings. The van der Waals surface area contributed by atoms with Crippen LogP contribution in [0.25, 0.3) is 0 Å². The minimum Gasteiger partial charge on any atom is -0.339 e. The van der Waals surface area contributed by atoms with Crippen molar-refractivity contribution in [2.45, 2.75) is 25.8 Å². The Bertz CT molecular complexity index is 719. The van der Waals surface area contributed by atoms with Gasteiger partial charge >= 0.3 is 0 Å². The first kappa shape index (κ1) is 16.7. The summed E-state index contributed by atoms with van der Waals surface area (Å²) in [6.45, 7) is 3.37. The van der Waals surface area contributed by atoms with Gasteiger partial charge in [0.1, 0.15) is 0 Å². The minimum atomic E-state index is -0.0106. The van der Waals surface area contributed by atoms with E-state index in [-0.39, 0.29) is 11.9 Å². The van der Waals surface area contributed by atoms with Crippen LogP contribution in [0.4, 0.5) is 5.95 Å². The summed E-state index contributed by atoms with van der Waals surface area (Å²) < 4.78 is 0. The highest BCUT2D eigenvalue weighted by Crippen LogP contribution is 2.22. The van der Waals surface area contributed by atoms with Crippen LogP contribution >= 0.6 is 11.6 Å². The van der Waals surface area contributed by atoms with E-state index in [1.807, 2.05) is 43.4 Å². The number of halogens is 1. The highest BCUT2D eigenvalue weighted by Gasteiger charge is 2.28. The lowest BCUT2D eigenvalue weighted by atomic mass is 10.0. The number of aryl methyl sites for hydroxylation is 1. The quantitative estimate of drug-likeness (QED) is 0.858. The van der Waals surface area contributed by atoms with Crippen LogP contribution in [-0.4, -0.2) is 47.0 Å². The maximum Gasteiger partial charge on any atom is 0.255 e. The molecule has 2 aromatic rings. The SMILES string of the molecule is Cc1cnc(N(C)C2CCCN(C(=O)c3ccccc3Cl)C2)nc1.